The lowest BCUT2D eigenvalue weighted by Gasteiger charge is -2.50. The Bertz CT molecular complexity index is 1070. The summed E-state index contributed by atoms with van der Waals surface area (Å²) in [6.45, 7) is 9.31. The van der Waals surface area contributed by atoms with Crippen molar-refractivity contribution in [2.75, 3.05) is 26.2 Å². The second-order valence-corrected chi connectivity index (χ2v) is 8.72. The molecule has 1 spiro atoms. The fourth-order valence-electron chi connectivity index (χ4n) is 5.40. The van der Waals surface area contributed by atoms with E-state index in [9.17, 15) is 4.79 Å². The van der Waals surface area contributed by atoms with Crippen molar-refractivity contribution in [3.8, 4) is 0 Å². The molecule has 0 radical (unpaired) electrons. The zero-order valence-corrected chi connectivity index (χ0v) is 18.6. The average Bonchev–Trinajstić information content (AvgIpc) is 3.37. The third-order valence-electron chi connectivity index (χ3n) is 6.83. The Kier molecular flexibility index (Phi) is 5.36. The van der Waals surface area contributed by atoms with Crippen LogP contribution in [0.1, 0.15) is 31.2 Å². The van der Waals surface area contributed by atoms with Gasteiger partial charge in [0.2, 0.25) is 5.91 Å². The number of rotatable bonds is 4. The number of hydrogen-bond donors (Lipinski definition) is 0. The van der Waals surface area contributed by atoms with E-state index in [1.807, 2.05) is 16.5 Å². The van der Waals surface area contributed by atoms with Gasteiger partial charge in [-0.2, -0.15) is 0 Å². The van der Waals surface area contributed by atoms with Crippen LogP contribution in [0, 0.1) is 5.41 Å². The Hall–Kier alpha value is -2.38. The van der Waals surface area contributed by atoms with Crippen LogP contribution in [0.2, 0.25) is 0 Å². The first kappa shape index (κ1) is 20.9. The molecule has 4 heterocycles. The molecule has 2 aliphatic heterocycles. The molecule has 30 heavy (non-hydrogen) atoms. The first-order valence-electron chi connectivity index (χ1n) is 10.4. The molecule has 3 aromatic rings. The van der Waals surface area contributed by atoms with Gasteiger partial charge < -0.3 is 14.0 Å². The largest absolute Gasteiger partial charge is 0.347 e. The number of para-hydroxylation sites is 1. The summed E-state index contributed by atoms with van der Waals surface area (Å²) in [5.41, 5.74) is 2.77. The number of amides is 1. The van der Waals surface area contributed by atoms with Crippen molar-refractivity contribution in [3.05, 3.63) is 48.2 Å². The maximum absolute atomic E-state index is 12.1. The molecular formula is C22H29ClN6O. The SMILES string of the molecule is CCn1cc(CN2CC3(C2)CN(C(C)=O)CC3c2nncn2C)c2ccccc21.Cl. The van der Waals surface area contributed by atoms with Crippen molar-refractivity contribution in [2.45, 2.75) is 32.9 Å². The Morgan fingerprint density at radius 1 is 1.23 bits per heavy atom. The molecule has 1 atom stereocenters. The number of nitrogens with zero attached hydrogens (tertiary/aromatic N) is 6. The summed E-state index contributed by atoms with van der Waals surface area (Å²) in [4.78, 5) is 16.6. The molecule has 1 aromatic carbocycles. The zero-order valence-electron chi connectivity index (χ0n) is 17.8. The molecule has 1 unspecified atom stereocenters. The zero-order chi connectivity index (χ0) is 20.2. The smallest absolute Gasteiger partial charge is 0.219 e. The predicted molar refractivity (Wildman–Crippen MR) is 119 cm³/mol. The Labute approximate surface area is 183 Å². The number of hydrogen-bond acceptors (Lipinski definition) is 4. The monoisotopic (exact) mass is 428 g/mol. The van der Waals surface area contributed by atoms with Gasteiger partial charge in [-0.15, -0.1) is 22.6 Å². The van der Waals surface area contributed by atoms with E-state index in [0.29, 0.717) is 0 Å². The van der Waals surface area contributed by atoms with Gasteiger partial charge in [-0.25, -0.2) is 0 Å². The van der Waals surface area contributed by atoms with Crippen molar-refractivity contribution >= 4 is 29.2 Å². The van der Waals surface area contributed by atoms with E-state index in [2.05, 4.69) is 57.1 Å². The standard InChI is InChI=1S/C22H28N6O.ClH/c1-4-27-10-17(18-7-5-6-8-20(18)27)9-26-12-22(13-26)14-28(16(2)29)11-19(22)21-24-23-15-25(21)3;/h5-8,10,15,19H,4,9,11-14H2,1-3H3;1H. The van der Waals surface area contributed by atoms with E-state index in [1.54, 1.807) is 13.3 Å². The van der Waals surface area contributed by atoms with Gasteiger partial charge in [0.05, 0.1) is 0 Å². The Morgan fingerprint density at radius 2 is 2.00 bits per heavy atom. The van der Waals surface area contributed by atoms with Gasteiger partial charge in [0.25, 0.3) is 0 Å². The maximum atomic E-state index is 12.1. The van der Waals surface area contributed by atoms with Gasteiger partial charge >= 0.3 is 0 Å². The summed E-state index contributed by atoms with van der Waals surface area (Å²) in [5.74, 6) is 1.39. The van der Waals surface area contributed by atoms with E-state index < -0.39 is 0 Å². The molecule has 160 valence electrons. The molecule has 2 fully saturated rings. The number of carbonyl (C=O) groups is 1. The van der Waals surface area contributed by atoms with E-state index in [0.717, 1.165) is 45.1 Å². The lowest BCUT2D eigenvalue weighted by molar-refractivity contribution is -0.128. The molecule has 2 aromatic heterocycles. The summed E-state index contributed by atoms with van der Waals surface area (Å²) >= 11 is 0. The summed E-state index contributed by atoms with van der Waals surface area (Å²) in [5, 5.41) is 9.82. The molecule has 8 heteroatoms. The second kappa shape index (κ2) is 7.71. The molecule has 1 amide bonds. The van der Waals surface area contributed by atoms with Crippen LogP contribution in [0.5, 0.6) is 0 Å². The number of benzene rings is 1. The van der Waals surface area contributed by atoms with Gasteiger partial charge in [0.1, 0.15) is 12.2 Å². The minimum atomic E-state index is 0. The van der Waals surface area contributed by atoms with E-state index in [-0.39, 0.29) is 29.6 Å². The predicted octanol–water partition coefficient (Wildman–Crippen LogP) is 2.66. The van der Waals surface area contributed by atoms with Gasteiger partial charge in [-0.1, -0.05) is 18.2 Å². The van der Waals surface area contributed by atoms with Crippen LogP contribution in [-0.4, -0.2) is 61.2 Å². The summed E-state index contributed by atoms with van der Waals surface area (Å²) in [6.07, 6.45) is 4.06. The summed E-state index contributed by atoms with van der Waals surface area (Å²) < 4.78 is 4.34. The van der Waals surface area contributed by atoms with E-state index in [4.69, 9.17) is 0 Å². The quantitative estimate of drug-likeness (QED) is 0.641. The lowest BCUT2D eigenvalue weighted by Crippen LogP contribution is -2.59. The van der Waals surface area contributed by atoms with E-state index in [1.165, 1.54) is 16.5 Å². The molecule has 0 N–H and O–H groups in total. The summed E-state index contributed by atoms with van der Waals surface area (Å²) in [6, 6.07) is 8.65. The number of aryl methyl sites for hydroxylation is 2. The minimum Gasteiger partial charge on any atom is -0.347 e. The molecule has 5 rings (SSSR count). The number of fused-ring (bicyclic) bond motifs is 1. The topological polar surface area (TPSA) is 59.2 Å². The molecule has 2 aliphatic rings. The van der Waals surface area contributed by atoms with Crippen LogP contribution in [0.15, 0.2) is 36.8 Å². The third kappa shape index (κ3) is 3.20. The van der Waals surface area contributed by atoms with Crippen molar-refractivity contribution in [2.24, 2.45) is 12.5 Å². The van der Waals surface area contributed by atoms with Crippen molar-refractivity contribution < 1.29 is 4.79 Å². The molecule has 7 nitrogen and oxygen atoms in total. The fraction of sp³-hybridized carbons (Fsp3) is 0.500. The molecule has 2 saturated heterocycles. The third-order valence-corrected chi connectivity index (χ3v) is 6.83. The van der Waals surface area contributed by atoms with Crippen LogP contribution in [-0.2, 0) is 24.9 Å². The minimum absolute atomic E-state index is 0. The van der Waals surface area contributed by atoms with E-state index >= 15 is 0 Å². The molecule has 0 saturated carbocycles. The van der Waals surface area contributed by atoms with Crippen LogP contribution in [0.25, 0.3) is 10.9 Å². The first-order valence-corrected chi connectivity index (χ1v) is 10.4. The highest BCUT2D eigenvalue weighted by Gasteiger charge is 2.56. The average molecular weight is 429 g/mol. The van der Waals surface area contributed by atoms with Gasteiger partial charge in [0.15, 0.2) is 0 Å². The highest BCUT2D eigenvalue weighted by Crippen LogP contribution is 2.49. The van der Waals surface area contributed by atoms with Crippen LogP contribution < -0.4 is 0 Å². The van der Waals surface area contributed by atoms with Crippen molar-refractivity contribution in [3.63, 3.8) is 0 Å². The van der Waals surface area contributed by atoms with Crippen LogP contribution >= 0.6 is 12.4 Å². The highest BCUT2D eigenvalue weighted by atomic mass is 35.5. The van der Waals surface area contributed by atoms with Gasteiger partial charge in [0, 0.05) is 81.7 Å². The molecule has 0 bridgehead atoms. The van der Waals surface area contributed by atoms with Crippen LogP contribution in [0.4, 0.5) is 0 Å². The fourth-order valence-corrected chi connectivity index (χ4v) is 5.40. The number of carbonyl (C=O) groups excluding carboxylic acids is 1. The molecular weight excluding hydrogens is 400 g/mol. The van der Waals surface area contributed by atoms with Crippen LogP contribution in [0.3, 0.4) is 0 Å². The van der Waals surface area contributed by atoms with Crippen molar-refractivity contribution in [1.82, 2.24) is 29.1 Å². The highest BCUT2D eigenvalue weighted by molar-refractivity contribution is 5.85. The number of aromatic nitrogens is 4. The second-order valence-electron chi connectivity index (χ2n) is 8.72. The van der Waals surface area contributed by atoms with Gasteiger partial charge in [-0.05, 0) is 18.6 Å². The molecule has 0 aliphatic carbocycles. The maximum Gasteiger partial charge on any atom is 0.219 e. The first-order chi connectivity index (χ1) is 14.0. The lowest BCUT2D eigenvalue weighted by atomic mass is 9.71. The normalized spacial score (nSPS) is 20.5. The Morgan fingerprint density at radius 3 is 2.67 bits per heavy atom. The summed E-state index contributed by atoms with van der Waals surface area (Å²) in [7, 11) is 2.00. The Balaban J connectivity index is 0.00000218. The van der Waals surface area contributed by atoms with Crippen molar-refractivity contribution in [1.29, 1.82) is 0 Å². The number of halogens is 1. The number of likely N-dealkylation sites (tertiary alicyclic amines) is 2. The van der Waals surface area contributed by atoms with Gasteiger partial charge in [-0.3, -0.25) is 9.69 Å².